The first-order valence-electron chi connectivity index (χ1n) is 6.00. The zero-order valence-corrected chi connectivity index (χ0v) is 10.9. The Labute approximate surface area is 104 Å². The molecule has 0 aliphatic carbocycles. The minimum Gasteiger partial charge on any atom is -0.496 e. The number of para-hydroxylation sites is 1. The summed E-state index contributed by atoms with van der Waals surface area (Å²) < 4.78 is 5.36. The fourth-order valence-corrected chi connectivity index (χ4v) is 1.86. The van der Waals surface area contributed by atoms with Crippen LogP contribution in [0.4, 0.5) is 0 Å². The van der Waals surface area contributed by atoms with Crippen LogP contribution in [0.3, 0.4) is 0 Å². The predicted molar refractivity (Wildman–Crippen MR) is 72.2 cm³/mol. The molecule has 1 aromatic carbocycles. The second-order valence-electron chi connectivity index (χ2n) is 3.97. The summed E-state index contributed by atoms with van der Waals surface area (Å²) in [5.41, 5.74) is 1.25. The lowest BCUT2D eigenvalue weighted by Crippen LogP contribution is -2.27. The van der Waals surface area contributed by atoms with E-state index in [9.17, 15) is 0 Å². The van der Waals surface area contributed by atoms with Crippen molar-refractivity contribution in [2.24, 2.45) is 0 Å². The summed E-state index contributed by atoms with van der Waals surface area (Å²) >= 11 is 0. The van der Waals surface area contributed by atoms with Crippen LogP contribution in [0.15, 0.2) is 24.3 Å². The van der Waals surface area contributed by atoms with Crippen LogP contribution in [0, 0.1) is 11.8 Å². The molecule has 1 atom stereocenters. The van der Waals surface area contributed by atoms with Gasteiger partial charge in [0.25, 0.3) is 0 Å². The number of benzene rings is 1. The maximum absolute atomic E-state index is 5.36. The Kier molecular flexibility index (Phi) is 6.21. The van der Waals surface area contributed by atoms with Crippen LogP contribution in [0.25, 0.3) is 0 Å². The van der Waals surface area contributed by atoms with Crippen molar-refractivity contribution in [2.75, 3.05) is 14.2 Å². The summed E-state index contributed by atoms with van der Waals surface area (Å²) in [7, 11) is 3.72. The third-order valence-electron chi connectivity index (χ3n) is 2.86. The van der Waals surface area contributed by atoms with Gasteiger partial charge in [-0.1, -0.05) is 18.2 Å². The molecule has 0 aliphatic heterocycles. The molecule has 2 nitrogen and oxygen atoms in total. The lowest BCUT2D eigenvalue weighted by atomic mass is 10.0. The van der Waals surface area contributed by atoms with Gasteiger partial charge in [0.05, 0.1) is 7.11 Å². The molecule has 17 heavy (non-hydrogen) atoms. The van der Waals surface area contributed by atoms with Gasteiger partial charge in [0.15, 0.2) is 0 Å². The number of ether oxygens (including phenoxy) is 1. The molecule has 1 unspecified atom stereocenters. The Bertz CT molecular complexity index is 389. The van der Waals surface area contributed by atoms with Gasteiger partial charge in [-0.2, -0.15) is 0 Å². The van der Waals surface area contributed by atoms with E-state index in [1.54, 1.807) is 7.11 Å². The zero-order chi connectivity index (χ0) is 12.5. The van der Waals surface area contributed by atoms with E-state index in [1.165, 1.54) is 5.56 Å². The molecule has 1 aromatic rings. The molecule has 0 bridgehead atoms. The van der Waals surface area contributed by atoms with Crippen LogP contribution in [-0.4, -0.2) is 20.2 Å². The van der Waals surface area contributed by atoms with Gasteiger partial charge in [-0.15, -0.1) is 11.8 Å². The van der Waals surface area contributed by atoms with E-state index in [4.69, 9.17) is 4.74 Å². The fraction of sp³-hybridized carbons (Fsp3) is 0.467. The van der Waals surface area contributed by atoms with Gasteiger partial charge < -0.3 is 10.1 Å². The van der Waals surface area contributed by atoms with E-state index in [2.05, 4.69) is 29.3 Å². The zero-order valence-electron chi connectivity index (χ0n) is 10.9. The Morgan fingerprint density at radius 3 is 2.76 bits per heavy atom. The van der Waals surface area contributed by atoms with Gasteiger partial charge in [-0.3, -0.25) is 0 Å². The minimum absolute atomic E-state index is 0.451. The molecule has 0 radical (unpaired) electrons. The van der Waals surface area contributed by atoms with E-state index >= 15 is 0 Å². The molecule has 92 valence electrons. The summed E-state index contributed by atoms with van der Waals surface area (Å²) in [4.78, 5) is 0. The van der Waals surface area contributed by atoms with Crippen molar-refractivity contribution in [3.63, 3.8) is 0 Å². The van der Waals surface area contributed by atoms with Gasteiger partial charge in [0, 0.05) is 12.5 Å². The van der Waals surface area contributed by atoms with Crippen LogP contribution in [-0.2, 0) is 6.42 Å². The van der Waals surface area contributed by atoms with E-state index in [-0.39, 0.29) is 0 Å². The highest BCUT2D eigenvalue weighted by Gasteiger charge is 2.09. The number of hydrogen-bond donors (Lipinski definition) is 1. The van der Waals surface area contributed by atoms with Crippen molar-refractivity contribution in [2.45, 2.75) is 32.2 Å². The van der Waals surface area contributed by atoms with Crippen LogP contribution < -0.4 is 10.1 Å². The van der Waals surface area contributed by atoms with Crippen molar-refractivity contribution in [3.05, 3.63) is 29.8 Å². The summed E-state index contributed by atoms with van der Waals surface area (Å²) in [6.07, 6.45) is 2.98. The maximum Gasteiger partial charge on any atom is 0.122 e. The molecular weight excluding hydrogens is 210 g/mol. The van der Waals surface area contributed by atoms with Gasteiger partial charge in [0.1, 0.15) is 5.75 Å². The number of rotatable bonds is 6. The van der Waals surface area contributed by atoms with E-state index in [0.29, 0.717) is 6.04 Å². The number of likely N-dealkylation sites (N-methyl/N-ethyl adjacent to an activating group) is 1. The molecule has 0 spiro atoms. The molecule has 0 amide bonds. The molecule has 0 aromatic heterocycles. The SMILES string of the molecule is CC#CCCC(Cc1ccccc1OC)NC. The molecule has 2 heteroatoms. The summed E-state index contributed by atoms with van der Waals surface area (Å²) in [5.74, 6) is 7.00. The van der Waals surface area contributed by atoms with E-state index in [0.717, 1.165) is 25.0 Å². The number of hydrogen-bond acceptors (Lipinski definition) is 2. The average molecular weight is 231 g/mol. The third kappa shape index (κ3) is 4.50. The van der Waals surface area contributed by atoms with Gasteiger partial charge in [-0.05, 0) is 38.4 Å². The first kappa shape index (κ1) is 13.6. The molecular formula is C15H21NO. The van der Waals surface area contributed by atoms with Crippen LogP contribution in [0.5, 0.6) is 5.75 Å². The normalized spacial score (nSPS) is 11.5. The average Bonchev–Trinajstić information content (AvgIpc) is 2.38. The monoisotopic (exact) mass is 231 g/mol. The smallest absolute Gasteiger partial charge is 0.122 e. The van der Waals surface area contributed by atoms with Crippen molar-refractivity contribution in [1.29, 1.82) is 0 Å². The van der Waals surface area contributed by atoms with Crippen LogP contribution in [0.1, 0.15) is 25.3 Å². The number of nitrogens with one attached hydrogen (secondary N) is 1. The summed E-state index contributed by atoms with van der Waals surface area (Å²) in [5, 5.41) is 3.34. The Morgan fingerprint density at radius 2 is 2.12 bits per heavy atom. The molecule has 1 rings (SSSR count). The molecule has 0 heterocycles. The van der Waals surface area contributed by atoms with Gasteiger partial charge in [0.2, 0.25) is 0 Å². The van der Waals surface area contributed by atoms with Crippen LogP contribution in [0.2, 0.25) is 0 Å². The molecule has 0 saturated heterocycles. The lowest BCUT2D eigenvalue weighted by molar-refractivity contribution is 0.405. The first-order valence-corrected chi connectivity index (χ1v) is 6.00. The Balaban J connectivity index is 2.62. The van der Waals surface area contributed by atoms with Crippen molar-refractivity contribution in [1.82, 2.24) is 5.32 Å². The molecule has 0 aliphatic rings. The van der Waals surface area contributed by atoms with Crippen molar-refractivity contribution >= 4 is 0 Å². The van der Waals surface area contributed by atoms with Crippen molar-refractivity contribution < 1.29 is 4.74 Å². The van der Waals surface area contributed by atoms with Crippen molar-refractivity contribution in [3.8, 4) is 17.6 Å². The topological polar surface area (TPSA) is 21.3 Å². The quantitative estimate of drug-likeness (QED) is 0.760. The molecule has 0 saturated carbocycles. The molecule has 1 N–H and O–H groups in total. The summed E-state index contributed by atoms with van der Waals surface area (Å²) in [6.45, 7) is 1.88. The Hall–Kier alpha value is -1.46. The predicted octanol–water partition coefficient (Wildman–Crippen LogP) is 2.63. The highest BCUT2D eigenvalue weighted by molar-refractivity contribution is 5.33. The third-order valence-corrected chi connectivity index (χ3v) is 2.86. The van der Waals surface area contributed by atoms with Crippen LogP contribution >= 0.6 is 0 Å². The summed E-state index contributed by atoms with van der Waals surface area (Å²) in [6, 6.07) is 8.63. The second kappa shape index (κ2) is 7.76. The van der Waals surface area contributed by atoms with E-state index < -0.39 is 0 Å². The fourth-order valence-electron chi connectivity index (χ4n) is 1.86. The molecule has 0 fully saturated rings. The van der Waals surface area contributed by atoms with E-state index in [1.807, 2.05) is 26.1 Å². The number of methoxy groups -OCH3 is 1. The highest BCUT2D eigenvalue weighted by Crippen LogP contribution is 2.19. The maximum atomic E-state index is 5.36. The largest absolute Gasteiger partial charge is 0.496 e. The minimum atomic E-state index is 0.451. The standard InChI is InChI=1S/C15H21NO/c1-4-5-6-10-14(16-2)12-13-9-7-8-11-15(13)17-3/h7-9,11,14,16H,6,10,12H2,1-3H3. The van der Waals surface area contributed by atoms with Gasteiger partial charge >= 0.3 is 0 Å². The lowest BCUT2D eigenvalue weighted by Gasteiger charge is -2.16. The highest BCUT2D eigenvalue weighted by atomic mass is 16.5. The first-order chi connectivity index (χ1) is 8.31. The second-order valence-corrected chi connectivity index (χ2v) is 3.97. The Morgan fingerprint density at radius 1 is 1.35 bits per heavy atom. The van der Waals surface area contributed by atoms with Gasteiger partial charge in [-0.25, -0.2) is 0 Å².